The summed E-state index contributed by atoms with van der Waals surface area (Å²) >= 11 is 6.08. The van der Waals surface area contributed by atoms with Crippen molar-refractivity contribution in [1.29, 1.82) is 0 Å². The minimum Gasteiger partial charge on any atom is -0.496 e. The van der Waals surface area contributed by atoms with Crippen molar-refractivity contribution in [2.24, 2.45) is 0 Å². The van der Waals surface area contributed by atoms with Crippen molar-refractivity contribution >= 4 is 17.5 Å². The lowest BCUT2D eigenvalue weighted by Crippen LogP contribution is -2.42. The molecule has 3 rings (SSSR count). The van der Waals surface area contributed by atoms with Gasteiger partial charge in [0.25, 0.3) is 5.91 Å². The Morgan fingerprint density at radius 3 is 2.59 bits per heavy atom. The number of carbonyl (C=O) groups is 1. The van der Waals surface area contributed by atoms with Gasteiger partial charge < -0.3 is 19.7 Å². The predicted molar refractivity (Wildman–Crippen MR) is 116 cm³/mol. The van der Waals surface area contributed by atoms with Crippen molar-refractivity contribution in [2.75, 3.05) is 33.3 Å². The predicted octanol–water partition coefficient (Wildman–Crippen LogP) is 4.24. The van der Waals surface area contributed by atoms with Crippen molar-refractivity contribution in [3.63, 3.8) is 0 Å². The summed E-state index contributed by atoms with van der Waals surface area (Å²) < 4.78 is 11.4. The molecule has 0 atom stereocenters. The minimum absolute atomic E-state index is 0.0698. The zero-order valence-corrected chi connectivity index (χ0v) is 18.1. The molecule has 0 spiro atoms. The molecule has 0 radical (unpaired) electrons. The fraction of sp³-hybridized carbons (Fsp3) is 0.435. The number of nitrogens with one attached hydrogen (secondary N) is 1. The third-order valence-electron chi connectivity index (χ3n) is 5.35. The number of carbonyl (C=O) groups excluding carboxylic acids is 1. The molecule has 0 saturated carbocycles. The van der Waals surface area contributed by atoms with Gasteiger partial charge in [0.2, 0.25) is 0 Å². The number of halogens is 1. The van der Waals surface area contributed by atoms with Crippen molar-refractivity contribution < 1.29 is 14.3 Å². The zero-order valence-electron chi connectivity index (χ0n) is 17.3. The highest BCUT2D eigenvalue weighted by Crippen LogP contribution is 2.24. The Hall–Kier alpha value is -2.24. The van der Waals surface area contributed by atoms with Crippen LogP contribution in [0.1, 0.15) is 34.3 Å². The molecule has 6 heteroatoms. The van der Waals surface area contributed by atoms with Crippen LogP contribution in [0.15, 0.2) is 36.4 Å². The van der Waals surface area contributed by atoms with Gasteiger partial charge in [-0.05, 0) is 68.1 Å². The summed E-state index contributed by atoms with van der Waals surface area (Å²) in [5, 5.41) is 3.76. The van der Waals surface area contributed by atoms with Crippen molar-refractivity contribution in [2.45, 2.75) is 32.8 Å². The summed E-state index contributed by atoms with van der Waals surface area (Å²) in [7, 11) is 1.62. The summed E-state index contributed by atoms with van der Waals surface area (Å²) in [6, 6.07) is 11.3. The maximum atomic E-state index is 12.4. The number of rotatable bonds is 7. The molecule has 29 heavy (non-hydrogen) atoms. The van der Waals surface area contributed by atoms with Crippen LogP contribution < -0.4 is 14.8 Å². The largest absolute Gasteiger partial charge is 0.496 e. The van der Waals surface area contributed by atoms with Gasteiger partial charge in [-0.1, -0.05) is 17.7 Å². The zero-order chi connectivity index (χ0) is 20.8. The van der Waals surface area contributed by atoms with Crippen LogP contribution in [0.2, 0.25) is 5.02 Å². The van der Waals surface area contributed by atoms with Gasteiger partial charge in [0.1, 0.15) is 17.6 Å². The number of amides is 1. The van der Waals surface area contributed by atoms with Gasteiger partial charge in [-0.15, -0.1) is 0 Å². The van der Waals surface area contributed by atoms with E-state index >= 15 is 0 Å². The van der Waals surface area contributed by atoms with E-state index in [2.05, 4.69) is 10.2 Å². The first-order valence-corrected chi connectivity index (χ1v) is 10.4. The second-order valence-electron chi connectivity index (χ2n) is 7.51. The molecular weight excluding hydrogens is 388 g/mol. The van der Waals surface area contributed by atoms with Crippen LogP contribution in [0.4, 0.5) is 0 Å². The number of nitrogens with zero attached hydrogens (tertiary/aromatic N) is 1. The molecule has 2 aromatic carbocycles. The van der Waals surface area contributed by atoms with E-state index in [0.717, 1.165) is 60.1 Å². The fourth-order valence-electron chi connectivity index (χ4n) is 3.52. The molecule has 5 nitrogen and oxygen atoms in total. The standard InChI is InChI=1S/C23H29ClN2O3/c1-16-4-5-18(15-22(16)28-3)23(27)25-10-13-26-11-8-19(9-12-26)29-20-6-7-21(24)17(2)14-20/h4-7,14-15,19H,8-13H2,1-3H3,(H,25,27). The number of likely N-dealkylation sites (tertiary alicyclic amines) is 1. The third kappa shape index (κ3) is 5.87. The molecule has 1 aliphatic rings. The number of methoxy groups -OCH3 is 1. The van der Waals surface area contributed by atoms with E-state index in [4.69, 9.17) is 21.1 Å². The summed E-state index contributed by atoms with van der Waals surface area (Å²) in [6.07, 6.45) is 2.18. The van der Waals surface area contributed by atoms with Crippen molar-refractivity contribution in [3.8, 4) is 11.5 Å². The first kappa shape index (κ1) is 21.5. The smallest absolute Gasteiger partial charge is 0.251 e. The lowest BCUT2D eigenvalue weighted by molar-refractivity contribution is 0.0905. The van der Waals surface area contributed by atoms with E-state index in [1.54, 1.807) is 13.2 Å². The Kier molecular flexibility index (Phi) is 7.40. The van der Waals surface area contributed by atoms with E-state index in [1.165, 1.54) is 0 Å². The minimum atomic E-state index is -0.0698. The summed E-state index contributed by atoms with van der Waals surface area (Å²) in [5.74, 6) is 1.54. The van der Waals surface area contributed by atoms with E-state index in [9.17, 15) is 4.79 Å². The topological polar surface area (TPSA) is 50.8 Å². The van der Waals surface area contributed by atoms with Crippen LogP contribution >= 0.6 is 11.6 Å². The molecule has 1 amide bonds. The summed E-state index contributed by atoms with van der Waals surface area (Å²) in [4.78, 5) is 14.7. The monoisotopic (exact) mass is 416 g/mol. The van der Waals surface area contributed by atoms with Gasteiger partial charge >= 0.3 is 0 Å². The number of piperidine rings is 1. The van der Waals surface area contributed by atoms with Gasteiger partial charge in [0, 0.05) is 36.8 Å². The maximum Gasteiger partial charge on any atom is 0.251 e. The van der Waals surface area contributed by atoms with Gasteiger partial charge in [-0.2, -0.15) is 0 Å². The highest BCUT2D eigenvalue weighted by Gasteiger charge is 2.20. The SMILES string of the molecule is COc1cc(C(=O)NCCN2CCC(Oc3ccc(Cl)c(C)c3)CC2)ccc1C. The van der Waals surface area contributed by atoms with E-state index in [-0.39, 0.29) is 12.0 Å². The Morgan fingerprint density at radius 2 is 1.90 bits per heavy atom. The van der Waals surface area contributed by atoms with Gasteiger partial charge in [-0.3, -0.25) is 4.79 Å². The molecular formula is C23H29ClN2O3. The lowest BCUT2D eigenvalue weighted by atomic mass is 10.1. The van der Waals surface area contributed by atoms with Crippen LogP contribution in [-0.2, 0) is 0 Å². The quantitative estimate of drug-likeness (QED) is 0.733. The van der Waals surface area contributed by atoms with Gasteiger partial charge in [0.15, 0.2) is 0 Å². The Labute approximate surface area is 177 Å². The number of benzene rings is 2. The van der Waals surface area contributed by atoms with Crippen LogP contribution in [0, 0.1) is 13.8 Å². The molecule has 1 heterocycles. The summed E-state index contributed by atoms with van der Waals surface area (Å²) in [6.45, 7) is 7.33. The molecule has 1 fully saturated rings. The second-order valence-corrected chi connectivity index (χ2v) is 7.92. The molecule has 0 aliphatic carbocycles. The number of aryl methyl sites for hydroxylation is 2. The highest BCUT2D eigenvalue weighted by molar-refractivity contribution is 6.31. The van der Waals surface area contributed by atoms with Crippen LogP contribution in [0.5, 0.6) is 11.5 Å². The molecule has 0 aromatic heterocycles. The maximum absolute atomic E-state index is 12.4. The Morgan fingerprint density at radius 1 is 1.14 bits per heavy atom. The third-order valence-corrected chi connectivity index (χ3v) is 5.77. The average Bonchev–Trinajstić information content (AvgIpc) is 2.72. The highest BCUT2D eigenvalue weighted by atomic mass is 35.5. The lowest BCUT2D eigenvalue weighted by Gasteiger charge is -2.32. The number of hydrogen-bond donors (Lipinski definition) is 1. The van der Waals surface area contributed by atoms with E-state index < -0.39 is 0 Å². The van der Waals surface area contributed by atoms with Gasteiger partial charge in [0.05, 0.1) is 7.11 Å². The van der Waals surface area contributed by atoms with Crippen molar-refractivity contribution in [3.05, 3.63) is 58.1 Å². The molecule has 1 N–H and O–H groups in total. The fourth-order valence-corrected chi connectivity index (χ4v) is 3.64. The molecule has 0 bridgehead atoms. The van der Waals surface area contributed by atoms with Crippen LogP contribution in [0.25, 0.3) is 0 Å². The summed E-state index contributed by atoms with van der Waals surface area (Å²) in [5.41, 5.74) is 2.67. The molecule has 0 unspecified atom stereocenters. The Bertz CT molecular complexity index is 848. The molecule has 2 aromatic rings. The normalized spacial score (nSPS) is 15.2. The number of ether oxygens (including phenoxy) is 2. The number of hydrogen-bond acceptors (Lipinski definition) is 4. The Balaban J connectivity index is 1.39. The first-order chi connectivity index (χ1) is 14.0. The molecule has 1 saturated heterocycles. The molecule has 1 aliphatic heterocycles. The second kappa shape index (κ2) is 9.99. The average molecular weight is 417 g/mol. The van der Waals surface area contributed by atoms with Gasteiger partial charge in [-0.25, -0.2) is 0 Å². The van der Waals surface area contributed by atoms with Crippen LogP contribution in [-0.4, -0.2) is 50.2 Å². The van der Waals surface area contributed by atoms with E-state index in [0.29, 0.717) is 12.1 Å². The first-order valence-electron chi connectivity index (χ1n) is 10.0. The van der Waals surface area contributed by atoms with Crippen molar-refractivity contribution in [1.82, 2.24) is 10.2 Å². The van der Waals surface area contributed by atoms with E-state index in [1.807, 2.05) is 44.2 Å². The molecule has 156 valence electrons. The van der Waals surface area contributed by atoms with Crippen LogP contribution in [0.3, 0.4) is 0 Å².